The Hall–Kier alpha value is -2.61. The van der Waals surface area contributed by atoms with Crippen molar-refractivity contribution >= 4 is 11.9 Å². The van der Waals surface area contributed by atoms with Gasteiger partial charge in [0.1, 0.15) is 0 Å². The Morgan fingerprint density at radius 1 is 0.952 bits per heavy atom. The zero-order valence-electron chi connectivity index (χ0n) is 12.3. The minimum atomic E-state index is 1.02. The molecule has 1 aromatic heterocycles. The van der Waals surface area contributed by atoms with Gasteiger partial charge in [0.25, 0.3) is 0 Å². The standard InChI is InChI=1S/C19H18N2/c1-15-8-9-19(16(2)12-15)20-13-17-10-11-21(14-17)18-6-4-3-5-7-18/h3-14H,1-2H3. The molecule has 0 bridgehead atoms. The second kappa shape index (κ2) is 5.80. The lowest BCUT2D eigenvalue weighted by Gasteiger charge is -2.01. The van der Waals surface area contributed by atoms with E-state index in [1.165, 1.54) is 11.1 Å². The lowest BCUT2D eigenvalue weighted by atomic mass is 10.1. The predicted molar refractivity (Wildman–Crippen MR) is 88.9 cm³/mol. The molecule has 2 heteroatoms. The SMILES string of the molecule is Cc1ccc(N=Cc2ccn(-c3ccccc3)c2)c(C)c1. The van der Waals surface area contributed by atoms with Crippen molar-refractivity contribution in [2.24, 2.45) is 4.99 Å². The number of benzene rings is 2. The summed E-state index contributed by atoms with van der Waals surface area (Å²) in [5.74, 6) is 0. The normalized spacial score (nSPS) is 11.1. The van der Waals surface area contributed by atoms with E-state index in [1.807, 2.05) is 24.4 Å². The molecule has 0 aliphatic heterocycles. The summed E-state index contributed by atoms with van der Waals surface area (Å²) in [6.45, 7) is 4.19. The molecule has 3 aromatic rings. The van der Waals surface area contributed by atoms with Gasteiger partial charge in [-0.3, -0.25) is 4.99 Å². The van der Waals surface area contributed by atoms with Crippen LogP contribution in [-0.4, -0.2) is 10.8 Å². The first-order valence-corrected chi connectivity index (χ1v) is 7.07. The van der Waals surface area contributed by atoms with Crippen LogP contribution in [0.1, 0.15) is 16.7 Å². The van der Waals surface area contributed by atoms with E-state index in [9.17, 15) is 0 Å². The van der Waals surface area contributed by atoms with Crippen molar-refractivity contribution < 1.29 is 0 Å². The van der Waals surface area contributed by atoms with Gasteiger partial charge < -0.3 is 4.57 Å². The van der Waals surface area contributed by atoms with Crippen molar-refractivity contribution in [3.8, 4) is 5.69 Å². The molecule has 21 heavy (non-hydrogen) atoms. The van der Waals surface area contributed by atoms with Crippen LogP contribution in [-0.2, 0) is 0 Å². The van der Waals surface area contributed by atoms with E-state index in [1.54, 1.807) is 0 Å². The van der Waals surface area contributed by atoms with E-state index in [4.69, 9.17) is 0 Å². The van der Waals surface area contributed by atoms with Crippen molar-refractivity contribution in [2.75, 3.05) is 0 Å². The maximum atomic E-state index is 4.59. The molecule has 0 saturated carbocycles. The second-order valence-corrected chi connectivity index (χ2v) is 5.24. The molecule has 0 aliphatic rings. The summed E-state index contributed by atoms with van der Waals surface area (Å²) in [6.07, 6.45) is 6.05. The molecule has 0 saturated heterocycles. The van der Waals surface area contributed by atoms with Gasteiger partial charge in [-0.05, 0) is 43.7 Å². The van der Waals surface area contributed by atoms with Crippen molar-refractivity contribution in [2.45, 2.75) is 13.8 Å². The third kappa shape index (κ3) is 3.11. The minimum absolute atomic E-state index is 1.02. The number of nitrogens with zero attached hydrogens (tertiary/aromatic N) is 2. The van der Waals surface area contributed by atoms with Gasteiger partial charge in [0.05, 0.1) is 5.69 Å². The highest BCUT2D eigenvalue weighted by Gasteiger charge is 1.98. The van der Waals surface area contributed by atoms with E-state index in [0.29, 0.717) is 0 Å². The van der Waals surface area contributed by atoms with Crippen LogP contribution < -0.4 is 0 Å². The van der Waals surface area contributed by atoms with Gasteiger partial charge in [0, 0.05) is 29.9 Å². The quantitative estimate of drug-likeness (QED) is 0.608. The number of para-hydroxylation sites is 1. The molecule has 2 aromatic carbocycles. The molecule has 2 nitrogen and oxygen atoms in total. The van der Waals surface area contributed by atoms with Crippen LogP contribution in [0.3, 0.4) is 0 Å². The van der Waals surface area contributed by atoms with Crippen LogP contribution >= 0.6 is 0 Å². The first-order valence-electron chi connectivity index (χ1n) is 7.07. The number of hydrogen-bond donors (Lipinski definition) is 0. The van der Waals surface area contributed by atoms with Gasteiger partial charge in [-0.25, -0.2) is 0 Å². The van der Waals surface area contributed by atoms with Gasteiger partial charge in [0.15, 0.2) is 0 Å². The highest BCUT2D eigenvalue weighted by Crippen LogP contribution is 2.19. The van der Waals surface area contributed by atoms with Crippen LogP contribution in [0.5, 0.6) is 0 Å². The summed E-state index contributed by atoms with van der Waals surface area (Å²) in [4.78, 5) is 4.59. The lowest BCUT2D eigenvalue weighted by molar-refractivity contribution is 1.08. The molecule has 0 atom stereocenters. The van der Waals surface area contributed by atoms with Crippen molar-refractivity contribution in [1.29, 1.82) is 0 Å². The maximum Gasteiger partial charge on any atom is 0.0659 e. The van der Waals surface area contributed by atoms with Crippen molar-refractivity contribution in [3.05, 3.63) is 83.7 Å². The summed E-state index contributed by atoms with van der Waals surface area (Å²) in [7, 11) is 0. The molecular formula is C19H18N2. The molecule has 104 valence electrons. The zero-order valence-corrected chi connectivity index (χ0v) is 12.3. The predicted octanol–water partition coefficient (Wildman–Crippen LogP) is 4.84. The molecule has 0 radical (unpaired) electrons. The number of aryl methyl sites for hydroxylation is 2. The monoisotopic (exact) mass is 274 g/mol. The highest BCUT2D eigenvalue weighted by molar-refractivity contribution is 5.82. The summed E-state index contributed by atoms with van der Waals surface area (Å²) >= 11 is 0. The molecule has 0 unspecified atom stereocenters. The Morgan fingerprint density at radius 2 is 1.76 bits per heavy atom. The van der Waals surface area contributed by atoms with Gasteiger partial charge in [-0.2, -0.15) is 0 Å². The van der Waals surface area contributed by atoms with Crippen LogP contribution in [0.2, 0.25) is 0 Å². The summed E-state index contributed by atoms with van der Waals surface area (Å²) in [6, 6.07) is 18.7. The largest absolute Gasteiger partial charge is 0.323 e. The van der Waals surface area contributed by atoms with Crippen LogP contribution in [0.25, 0.3) is 5.69 Å². The molecule has 0 spiro atoms. The zero-order chi connectivity index (χ0) is 14.7. The Balaban J connectivity index is 1.83. The summed E-state index contributed by atoms with van der Waals surface area (Å²) in [5, 5.41) is 0. The molecule has 3 rings (SSSR count). The number of rotatable bonds is 3. The topological polar surface area (TPSA) is 17.3 Å². The Labute approximate surface area is 125 Å². The molecular weight excluding hydrogens is 256 g/mol. The Bertz CT molecular complexity index is 767. The highest BCUT2D eigenvalue weighted by atomic mass is 14.9. The van der Waals surface area contributed by atoms with E-state index >= 15 is 0 Å². The molecule has 0 aliphatic carbocycles. The fraction of sp³-hybridized carbons (Fsp3) is 0.105. The molecule has 0 fully saturated rings. The first-order chi connectivity index (χ1) is 10.2. The van der Waals surface area contributed by atoms with E-state index in [2.05, 4.69) is 72.2 Å². The fourth-order valence-corrected chi connectivity index (χ4v) is 2.34. The third-order valence-corrected chi connectivity index (χ3v) is 3.48. The van der Waals surface area contributed by atoms with Gasteiger partial charge in [0.2, 0.25) is 0 Å². The van der Waals surface area contributed by atoms with Gasteiger partial charge in [-0.1, -0.05) is 35.9 Å². The average molecular weight is 274 g/mol. The fourth-order valence-electron chi connectivity index (χ4n) is 2.34. The lowest BCUT2D eigenvalue weighted by Crippen LogP contribution is -1.88. The van der Waals surface area contributed by atoms with E-state index in [-0.39, 0.29) is 0 Å². The van der Waals surface area contributed by atoms with Crippen LogP contribution in [0.4, 0.5) is 5.69 Å². The molecule has 0 N–H and O–H groups in total. The minimum Gasteiger partial charge on any atom is -0.323 e. The first kappa shape index (κ1) is 13.4. The van der Waals surface area contributed by atoms with Gasteiger partial charge >= 0.3 is 0 Å². The number of aliphatic imine (C=N–C) groups is 1. The third-order valence-electron chi connectivity index (χ3n) is 3.48. The van der Waals surface area contributed by atoms with E-state index in [0.717, 1.165) is 16.9 Å². The molecule has 0 amide bonds. The van der Waals surface area contributed by atoms with Crippen LogP contribution in [0.15, 0.2) is 72.0 Å². The molecule has 1 heterocycles. The summed E-state index contributed by atoms with van der Waals surface area (Å²) < 4.78 is 2.10. The smallest absolute Gasteiger partial charge is 0.0659 e. The van der Waals surface area contributed by atoms with Crippen molar-refractivity contribution in [1.82, 2.24) is 4.57 Å². The van der Waals surface area contributed by atoms with Crippen LogP contribution in [0, 0.1) is 13.8 Å². The Kier molecular flexibility index (Phi) is 3.69. The number of aromatic nitrogens is 1. The maximum absolute atomic E-state index is 4.59. The van der Waals surface area contributed by atoms with Crippen molar-refractivity contribution in [3.63, 3.8) is 0 Å². The average Bonchev–Trinajstić information content (AvgIpc) is 2.96. The van der Waals surface area contributed by atoms with E-state index < -0.39 is 0 Å². The number of hydrogen-bond acceptors (Lipinski definition) is 1. The van der Waals surface area contributed by atoms with Gasteiger partial charge in [-0.15, -0.1) is 0 Å². The second-order valence-electron chi connectivity index (χ2n) is 5.24. The Morgan fingerprint density at radius 3 is 2.52 bits per heavy atom. The summed E-state index contributed by atoms with van der Waals surface area (Å²) in [5.41, 5.74) is 5.74.